The number of nitrogens with zero attached hydrogens (tertiary/aromatic N) is 3. The summed E-state index contributed by atoms with van der Waals surface area (Å²) >= 11 is 0. The molecule has 0 aliphatic rings. The molecule has 3 rings (SSSR count). The minimum Gasteiger partial charge on any atom is -0.459 e. The molecule has 0 fully saturated rings. The lowest BCUT2D eigenvalue weighted by atomic mass is 10.00. The third-order valence-electron chi connectivity index (χ3n) is 4.43. The molecule has 0 spiro atoms. The Hall–Kier alpha value is -2.82. The fourth-order valence-electron chi connectivity index (χ4n) is 3.14. The standard InChI is InChI=1S/C20H23N3O2/c1-14-10-15(2)17(16(3)11-14)12-23-8-7-21-19(23)13-22(4)20(24)18-6-5-9-25-18/h5-11H,12-13H2,1-4H3. The molecule has 0 bridgehead atoms. The molecule has 1 amide bonds. The van der Waals surface area contributed by atoms with Crippen molar-refractivity contribution in [3.63, 3.8) is 0 Å². The van der Waals surface area contributed by atoms with Crippen molar-refractivity contribution >= 4 is 5.91 Å². The topological polar surface area (TPSA) is 51.3 Å². The smallest absolute Gasteiger partial charge is 0.289 e. The van der Waals surface area contributed by atoms with Crippen LogP contribution in [0.3, 0.4) is 0 Å². The normalized spacial score (nSPS) is 10.9. The van der Waals surface area contributed by atoms with E-state index in [1.54, 1.807) is 30.3 Å². The number of aromatic nitrogens is 2. The van der Waals surface area contributed by atoms with Crippen LogP contribution in [0.2, 0.25) is 0 Å². The zero-order valence-electron chi connectivity index (χ0n) is 15.1. The minimum atomic E-state index is -0.151. The summed E-state index contributed by atoms with van der Waals surface area (Å²) < 4.78 is 7.28. The summed E-state index contributed by atoms with van der Waals surface area (Å²) in [5.74, 6) is 1.04. The fourth-order valence-corrected chi connectivity index (χ4v) is 3.14. The molecule has 0 saturated heterocycles. The Morgan fingerprint density at radius 3 is 2.60 bits per heavy atom. The Balaban J connectivity index is 1.78. The van der Waals surface area contributed by atoms with E-state index in [0.717, 1.165) is 12.4 Å². The number of hydrogen-bond acceptors (Lipinski definition) is 3. The number of aryl methyl sites for hydroxylation is 3. The highest BCUT2D eigenvalue weighted by molar-refractivity contribution is 5.91. The van der Waals surface area contributed by atoms with E-state index in [2.05, 4.69) is 42.5 Å². The van der Waals surface area contributed by atoms with Crippen LogP contribution in [0.4, 0.5) is 0 Å². The van der Waals surface area contributed by atoms with Gasteiger partial charge in [-0.15, -0.1) is 0 Å². The molecule has 2 heterocycles. The van der Waals surface area contributed by atoms with Gasteiger partial charge in [0.25, 0.3) is 5.91 Å². The Morgan fingerprint density at radius 2 is 1.96 bits per heavy atom. The maximum absolute atomic E-state index is 12.3. The van der Waals surface area contributed by atoms with Crippen LogP contribution in [0.25, 0.3) is 0 Å². The fraction of sp³-hybridized carbons (Fsp3) is 0.300. The van der Waals surface area contributed by atoms with E-state index in [4.69, 9.17) is 4.42 Å². The highest BCUT2D eigenvalue weighted by Gasteiger charge is 2.17. The summed E-state index contributed by atoms with van der Waals surface area (Å²) in [6.45, 7) is 7.56. The third kappa shape index (κ3) is 3.65. The molecule has 0 atom stereocenters. The van der Waals surface area contributed by atoms with Gasteiger partial charge in [0.2, 0.25) is 0 Å². The summed E-state index contributed by atoms with van der Waals surface area (Å²) in [6, 6.07) is 7.78. The number of carbonyl (C=O) groups excluding carboxylic acids is 1. The Kier molecular flexibility index (Phi) is 4.74. The van der Waals surface area contributed by atoms with Crippen molar-refractivity contribution in [2.24, 2.45) is 0 Å². The molecular weight excluding hydrogens is 314 g/mol. The molecule has 3 aromatic rings. The van der Waals surface area contributed by atoms with E-state index in [1.165, 1.54) is 28.5 Å². The van der Waals surface area contributed by atoms with Gasteiger partial charge in [0, 0.05) is 26.0 Å². The number of hydrogen-bond donors (Lipinski definition) is 0. The number of furan rings is 1. The van der Waals surface area contributed by atoms with Crippen LogP contribution in [-0.2, 0) is 13.1 Å². The summed E-state index contributed by atoms with van der Waals surface area (Å²) in [5.41, 5.74) is 5.12. The van der Waals surface area contributed by atoms with E-state index < -0.39 is 0 Å². The molecule has 0 unspecified atom stereocenters. The summed E-state index contributed by atoms with van der Waals surface area (Å²) in [7, 11) is 1.76. The van der Waals surface area contributed by atoms with Crippen LogP contribution in [-0.4, -0.2) is 27.4 Å². The molecule has 25 heavy (non-hydrogen) atoms. The van der Waals surface area contributed by atoms with E-state index in [-0.39, 0.29) is 5.91 Å². The van der Waals surface area contributed by atoms with Gasteiger partial charge in [0.1, 0.15) is 5.82 Å². The zero-order valence-corrected chi connectivity index (χ0v) is 15.1. The Labute approximate surface area is 147 Å². The van der Waals surface area contributed by atoms with E-state index in [0.29, 0.717) is 12.3 Å². The van der Waals surface area contributed by atoms with Gasteiger partial charge in [-0.25, -0.2) is 4.98 Å². The van der Waals surface area contributed by atoms with Crippen LogP contribution in [0, 0.1) is 20.8 Å². The van der Waals surface area contributed by atoms with Gasteiger partial charge < -0.3 is 13.9 Å². The second kappa shape index (κ2) is 6.97. The van der Waals surface area contributed by atoms with Crippen molar-refractivity contribution < 1.29 is 9.21 Å². The van der Waals surface area contributed by atoms with Crippen molar-refractivity contribution in [2.45, 2.75) is 33.9 Å². The lowest BCUT2D eigenvalue weighted by Gasteiger charge is -2.18. The van der Waals surface area contributed by atoms with Gasteiger partial charge in [-0.3, -0.25) is 4.79 Å². The first-order chi connectivity index (χ1) is 12.0. The SMILES string of the molecule is Cc1cc(C)c(Cn2ccnc2CN(C)C(=O)c2ccco2)c(C)c1. The molecule has 5 heteroatoms. The van der Waals surface area contributed by atoms with Gasteiger partial charge in [-0.05, 0) is 49.6 Å². The predicted molar refractivity (Wildman–Crippen MR) is 96.5 cm³/mol. The third-order valence-corrected chi connectivity index (χ3v) is 4.43. The average Bonchev–Trinajstić information content (AvgIpc) is 3.22. The minimum absolute atomic E-state index is 0.151. The molecule has 1 aromatic carbocycles. The van der Waals surface area contributed by atoms with Crippen LogP contribution in [0.15, 0.2) is 47.3 Å². The molecule has 0 N–H and O–H groups in total. The van der Waals surface area contributed by atoms with Gasteiger partial charge in [-0.2, -0.15) is 0 Å². The molecule has 5 nitrogen and oxygen atoms in total. The molecule has 0 radical (unpaired) electrons. The lowest BCUT2D eigenvalue weighted by molar-refractivity contribution is 0.0748. The van der Waals surface area contributed by atoms with Crippen molar-refractivity contribution in [3.05, 3.63) is 76.8 Å². The summed E-state index contributed by atoms with van der Waals surface area (Å²) in [4.78, 5) is 18.4. The maximum Gasteiger partial charge on any atom is 0.289 e. The molecular formula is C20H23N3O2. The number of carbonyl (C=O) groups is 1. The lowest BCUT2D eigenvalue weighted by Crippen LogP contribution is -2.27. The second-order valence-electron chi connectivity index (χ2n) is 6.49. The Morgan fingerprint density at radius 1 is 1.24 bits per heavy atom. The summed E-state index contributed by atoms with van der Waals surface area (Å²) in [5, 5.41) is 0. The second-order valence-corrected chi connectivity index (χ2v) is 6.49. The van der Waals surface area contributed by atoms with Crippen LogP contribution < -0.4 is 0 Å². The quantitative estimate of drug-likeness (QED) is 0.713. The zero-order chi connectivity index (χ0) is 18.0. The van der Waals surface area contributed by atoms with Crippen LogP contribution >= 0.6 is 0 Å². The number of benzene rings is 1. The monoisotopic (exact) mass is 337 g/mol. The first-order valence-electron chi connectivity index (χ1n) is 8.31. The highest BCUT2D eigenvalue weighted by atomic mass is 16.3. The van der Waals surface area contributed by atoms with Gasteiger partial charge in [-0.1, -0.05) is 17.7 Å². The maximum atomic E-state index is 12.3. The predicted octanol–water partition coefficient (Wildman–Crippen LogP) is 3.72. The number of amides is 1. The first kappa shape index (κ1) is 17.0. The summed E-state index contributed by atoms with van der Waals surface area (Å²) in [6.07, 6.45) is 5.24. The average molecular weight is 337 g/mol. The Bertz CT molecular complexity index is 855. The van der Waals surface area contributed by atoms with Crippen LogP contribution in [0.1, 0.15) is 38.6 Å². The largest absolute Gasteiger partial charge is 0.459 e. The molecule has 0 aliphatic carbocycles. The number of rotatable bonds is 5. The van der Waals surface area contributed by atoms with Gasteiger partial charge in [0.05, 0.1) is 12.8 Å². The van der Waals surface area contributed by atoms with Crippen LogP contribution in [0.5, 0.6) is 0 Å². The molecule has 0 saturated carbocycles. The van der Waals surface area contributed by atoms with Gasteiger partial charge >= 0.3 is 0 Å². The van der Waals surface area contributed by atoms with Gasteiger partial charge in [0.15, 0.2) is 5.76 Å². The first-order valence-corrected chi connectivity index (χ1v) is 8.31. The van der Waals surface area contributed by atoms with E-state index in [1.807, 2.05) is 6.20 Å². The van der Waals surface area contributed by atoms with Crippen molar-refractivity contribution in [1.82, 2.24) is 14.5 Å². The molecule has 0 aliphatic heterocycles. The molecule has 2 aromatic heterocycles. The van der Waals surface area contributed by atoms with Crippen molar-refractivity contribution in [1.29, 1.82) is 0 Å². The van der Waals surface area contributed by atoms with Crippen molar-refractivity contribution in [3.8, 4) is 0 Å². The van der Waals surface area contributed by atoms with E-state index in [9.17, 15) is 4.79 Å². The van der Waals surface area contributed by atoms with E-state index >= 15 is 0 Å². The number of imidazole rings is 1. The molecule has 130 valence electrons. The highest BCUT2D eigenvalue weighted by Crippen LogP contribution is 2.19. The van der Waals surface area contributed by atoms with Crippen molar-refractivity contribution in [2.75, 3.05) is 7.05 Å².